The van der Waals surface area contributed by atoms with Gasteiger partial charge in [-0.05, 0) is 53.9 Å². The molecule has 3 heterocycles. The topological polar surface area (TPSA) is 75.5 Å². The number of thiophene rings is 2. The summed E-state index contributed by atoms with van der Waals surface area (Å²) in [7, 11) is 0. The Bertz CT molecular complexity index is 999. The van der Waals surface area contributed by atoms with Crippen molar-refractivity contribution in [2.24, 2.45) is 0 Å². The lowest BCUT2D eigenvalue weighted by molar-refractivity contribution is -0.384. The summed E-state index contributed by atoms with van der Waals surface area (Å²) in [5.41, 5.74) is 1.83. The smallest absolute Gasteiger partial charge is 0.269 e. The number of carbonyl (C=O) groups is 1. The molecule has 0 saturated carbocycles. The van der Waals surface area contributed by atoms with E-state index in [0.29, 0.717) is 18.2 Å². The van der Waals surface area contributed by atoms with Gasteiger partial charge in [0.15, 0.2) is 0 Å². The van der Waals surface area contributed by atoms with E-state index in [1.54, 1.807) is 22.7 Å². The molecule has 1 aromatic carbocycles. The number of rotatable bonds is 6. The van der Waals surface area contributed by atoms with Crippen molar-refractivity contribution in [3.8, 4) is 0 Å². The van der Waals surface area contributed by atoms with E-state index < -0.39 is 4.92 Å². The number of non-ortho nitro benzene ring substituents is 1. The lowest BCUT2D eigenvalue weighted by atomic mass is 9.95. The first kappa shape index (κ1) is 19.8. The molecule has 0 radical (unpaired) electrons. The maximum Gasteiger partial charge on any atom is 0.269 e. The molecule has 0 fully saturated rings. The Morgan fingerprint density at radius 2 is 2.00 bits per heavy atom. The summed E-state index contributed by atoms with van der Waals surface area (Å²) in [6.07, 6.45) is 1.01. The summed E-state index contributed by atoms with van der Waals surface area (Å²) < 4.78 is 0. The Morgan fingerprint density at radius 3 is 2.69 bits per heavy atom. The van der Waals surface area contributed by atoms with Gasteiger partial charge in [-0.1, -0.05) is 6.07 Å². The number of benzene rings is 1. The minimum Gasteiger partial charge on any atom is -0.351 e. The van der Waals surface area contributed by atoms with Crippen molar-refractivity contribution in [1.29, 1.82) is 0 Å². The zero-order valence-corrected chi connectivity index (χ0v) is 17.5. The quantitative estimate of drug-likeness (QED) is 0.465. The second kappa shape index (κ2) is 8.44. The van der Waals surface area contributed by atoms with E-state index >= 15 is 0 Å². The first-order chi connectivity index (χ1) is 14.0. The lowest BCUT2D eigenvalue weighted by Gasteiger charge is -2.40. The molecule has 6 nitrogen and oxygen atoms in total. The van der Waals surface area contributed by atoms with Crippen LogP contribution in [-0.2, 0) is 6.42 Å². The van der Waals surface area contributed by atoms with Crippen LogP contribution in [0.1, 0.15) is 38.6 Å². The van der Waals surface area contributed by atoms with Gasteiger partial charge in [0.25, 0.3) is 11.6 Å². The van der Waals surface area contributed by atoms with Crippen LogP contribution in [-0.4, -0.2) is 34.9 Å². The molecule has 2 unspecified atom stereocenters. The van der Waals surface area contributed by atoms with E-state index in [1.165, 1.54) is 39.6 Å². The predicted molar refractivity (Wildman–Crippen MR) is 116 cm³/mol. The largest absolute Gasteiger partial charge is 0.351 e. The van der Waals surface area contributed by atoms with E-state index in [2.05, 4.69) is 46.1 Å². The van der Waals surface area contributed by atoms with Crippen molar-refractivity contribution in [1.82, 2.24) is 10.2 Å². The van der Waals surface area contributed by atoms with Gasteiger partial charge in [-0.3, -0.25) is 19.8 Å². The van der Waals surface area contributed by atoms with Gasteiger partial charge in [0.1, 0.15) is 0 Å². The summed E-state index contributed by atoms with van der Waals surface area (Å²) in [6.45, 7) is 3.49. The van der Waals surface area contributed by atoms with Crippen LogP contribution in [0, 0.1) is 10.1 Å². The van der Waals surface area contributed by atoms with Crippen molar-refractivity contribution in [3.63, 3.8) is 0 Å². The number of hydrogen-bond acceptors (Lipinski definition) is 6. The van der Waals surface area contributed by atoms with Crippen LogP contribution < -0.4 is 5.32 Å². The number of nitrogens with one attached hydrogen (secondary N) is 1. The maximum absolute atomic E-state index is 12.4. The van der Waals surface area contributed by atoms with Crippen LogP contribution in [0.3, 0.4) is 0 Å². The molecule has 0 spiro atoms. The number of hydrogen-bond donors (Lipinski definition) is 1. The van der Waals surface area contributed by atoms with Crippen molar-refractivity contribution in [2.45, 2.75) is 25.4 Å². The molecule has 0 bridgehead atoms. The molecule has 3 aromatic rings. The standard InChI is InChI=1S/C21H21N3O3S2/c1-14-13-16-8-12-29-20(16)19(18-3-2-11-28-18)23(14)10-9-22-21(25)15-4-6-17(7-5-15)24(26)27/h2-8,11-12,14,19H,9-10,13H2,1H3,(H,22,25). The van der Waals surface area contributed by atoms with Crippen LogP contribution in [0.4, 0.5) is 5.69 Å². The van der Waals surface area contributed by atoms with Crippen LogP contribution in [0.15, 0.2) is 53.2 Å². The fourth-order valence-corrected chi connectivity index (χ4v) is 5.82. The van der Waals surface area contributed by atoms with E-state index in [-0.39, 0.29) is 17.6 Å². The first-order valence-corrected chi connectivity index (χ1v) is 11.2. The molecular weight excluding hydrogens is 406 g/mol. The van der Waals surface area contributed by atoms with Gasteiger partial charge in [-0.25, -0.2) is 0 Å². The predicted octanol–water partition coefficient (Wildman–Crippen LogP) is 4.48. The molecule has 2 aromatic heterocycles. The molecular formula is C21H21N3O3S2. The number of nitro benzene ring substituents is 1. The summed E-state index contributed by atoms with van der Waals surface area (Å²) in [5.74, 6) is -0.214. The fraction of sp³-hybridized carbons (Fsp3) is 0.286. The molecule has 8 heteroatoms. The normalized spacial score (nSPS) is 18.9. The van der Waals surface area contributed by atoms with Gasteiger partial charge in [0, 0.05) is 46.6 Å². The molecule has 0 aliphatic carbocycles. The number of nitrogens with zero attached hydrogens (tertiary/aromatic N) is 2. The highest BCUT2D eigenvalue weighted by atomic mass is 32.1. The molecule has 1 amide bonds. The van der Waals surface area contributed by atoms with Crippen LogP contribution >= 0.6 is 22.7 Å². The van der Waals surface area contributed by atoms with Crippen molar-refractivity contribution in [3.05, 3.63) is 84.2 Å². The second-order valence-electron chi connectivity index (χ2n) is 7.08. The third-order valence-electron chi connectivity index (χ3n) is 5.25. The molecule has 4 rings (SSSR count). The van der Waals surface area contributed by atoms with Gasteiger partial charge in [0.2, 0.25) is 0 Å². The Balaban J connectivity index is 1.44. The van der Waals surface area contributed by atoms with Crippen molar-refractivity contribution in [2.75, 3.05) is 13.1 Å². The minimum absolute atomic E-state index is 0.0192. The zero-order chi connectivity index (χ0) is 20.4. The molecule has 2 atom stereocenters. The maximum atomic E-state index is 12.4. The number of amides is 1. The Kier molecular flexibility index (Phi) is 5.75. The SMILES string of the molecule is CC1Cc2ccsc2C(c2cccs2)N1CCNC(=O)c1ccc([N+](=O)[O-])cc1. The Hall–Kier alpha value is -2.55. The van der Waals surface area contributed by atoms with Crippen molar-refractivity contribution < 1.29 is 9.72 Å². The molecule has 1 N–H and O–H groups in total. The van der Waals surface area contributed by atoms with Gasteiger partial charge >= 0.3 is 0 Å². The average molecular weight is 428 g/mol. The highest BCUT2D eigenvalue weighted by Crippen LogP contribution is 2.41. The Labute approximate surface area is 176 Å². The van der Waals surface area contributed by atoms with Crippen molar-refractivity contribution >= 4 is 34.3 Å². The highest BCUT2D eigenvalue weighted by Gasteiger charge is 2.34. The van der Waals surface area contributed by atoms with Gasteiger partial charge in [-0.2, -0.15) is 0 Å². The number of nitro groups is 1. The van der Waals surface area contributed by atoms with E-state index in [4.69, 9.17) is 0 Å². The monoisotopic (exact) mass is 427 g/mol. The molecule has 150 valence electrons. The van der Waals surface area contributed by atoms with Gasteiger partial charge < -0.3 is 5.32 Å². The van der Waals surface area contributed by atoms with Crippen LogP contribution in [0.25, 0.3) is 0 Å². The summed E-state index contributed by atoms with van der Waals surface area (Å²) in [6, 6.07) is 12.8. The molecule has 29 heavy (non-hydrogen) atoms. The lowest BCUT2D eigenvalue weighted by Crippen LogP contribution is -2.45. The first-order valence-electron chi connectivity index (χ1n) is 9.42. The fourth-order valence-electron chi connectivity index (χ4n) is 3.82. The van der Waals surface area contributed by atoms with E-state index in [0.717, 1.165) is 13.0 Å². The average Bonchev–Trinajstić information content (AvgIpc) is 3.40. The summed E-state index contributed by atoms with van der Waals surface area (Å²) in [5, 5.41) is 18.0. The van der Waals surface area contributed by atoms with E-state index in [1.807, 2.05) is 0 Å². The molecule has 1 aliphatic rings. The third kappa shape index (κ3) is 4.10. The minimum atomic E-state index is -0.469. The van der Waals surface area contributed by atoms with Crippen LogP contribution in [0.5, 0.6) is 0 Å². The third-order valence-corrected chi connectivity index (χ3v) is 7.19. The van der Waals surface area contributed by atoms with Gasteiger partial charge in [-0.15, -0.1) is 22.7 Å². The Morgan fingerprint density at radius 1 is 1.21 bits per heavy atom. The highest BCUT2D eigenvalue weighted by molar-refractivity contribution is 7.11. The van der Waals surface area contributed by atoms with E-state index in [9.17, 15) is 14.9 Å². The molecule has 0 saturated heterocycles. The zero-order valence-electron chi connectivity index (χ0n) is 15.9. The number of fused-ring (bicyclic) bond motifs is 1. The van der Waals surface area contributed by atoms with Crippen LogP contribution in [0.2, 0.25) is 0 Å². The second-order valence-corrected chi connectivity index (χ2v) is 9.01. The summed E-state index contributed by atoms with van der Waals surface area (Å²) in [4.78, 5) is 27.9. The van der Waals surface area contributed by atoms with Gasteiger partial charge in [0.05, 0.1) is 11.0 Å². The summed E-state index contributed by atoms with van der Waals surface area (Å²) >= 11 is 3.57. The molecule has 1 aliphatic heterocycles. The number of carbonyl (C=O) groups excluding carboxylic acids is 1.